The Kier molecular flexibility index (Phi) is 5.49. The molecular weight excluding hydrogens is 210 g/mol. The van der Waals surface area contributed by atoms with E-state index in [2.05, 4.69) is 38.1 Å². The van der Waals surface area contributed by atoms with E-state index < -0.39 is 0 Å². The van der Waals surface area contributed by atoms with Gasteiger partial charge in [0.1, 0.15) is 5.75 Å². The highest BCUT2D eigenvalue weighted by Gasteiger charge is 2.07. The van der Waals surface area contributed by atoms with Crippen LogP contribution in [0.4, 0.5) is 0 Å². The molecule has 0 amide bonds. The van der Waals surface area contributed by atoms with Gasteiger partial charge in [0.25, 0.3) is 0 Å². The van der Waals surface area contributed by atoms with Crippen molar-refractivity contribution in [2.24, 2.45) is 0 Å². The minimum Gasteiger partial charge on any atom is -0.507 e. The van der Waals surface area contributed by atoms with E-state index in [4.69, 9.17) is 0 Å². The molecule has 0 heterocycles. The summed E-state index contributed by atoms with van der Waals surface area (Å²) in [5.74, 6) is 0.489. The molecule has 1 aromatic rings. The van der Waals surface area contributed by atoms with E-state index in [1.165, 1.54) is 5.56 Å². The molecule has 0 aliphatic carbocycles. The highest BCUT2D eigenvalue weighted by molar-refractivity contribution is 5.43. The molecule has 0 saturated heterocycles. The fourth-order valence-electron chi connectivity index (χ4n) is 2.14. The Morgan fingerprint density at radius 3 is 2.47 bits per heavy atom. The van der Waals surface area contributed by atoms with Crippen molar-refractivity contribution < 1.29 is 5.11 Å². The molecule has 1 aromatic carbocycles. The first-order chi connectivity index (χ1) is 8.04. The Bertz CT molecular complexity index is 358. The van der Waals surface area contributed by atoms with Crippen LogP contribution in [0.5, 0.6) is 5.75 Å². The highest BCUT2D eigenvalue weighted by atomic mass is 16.3. The summed E-state index contributed by atoms with van der Waals surface area (Å²) in [7, 11) is 4.16. The zero-order valence-electron chi connectivity index (χ0n) is 11.6. The van der Waals surface area contributed by atoms with E-state index in [-0.39, 0.29) is 0 Å². The molecule has 1 N–H and O–H groups in total. The number of benzene rings is 1. The Labute approximate surface area is 105 Å². The molecule has 0 aliphatic rings. The number of aryl methyl sites for hydroxylation is 3. The summed E-state index contributed by atoms with van der Waals surface area (Å²) in [6.07, 6.45) is 4.31. The van der Waals surface area contributed by atoms with Crippen LogP contribution in [0.25, 0.3) is 0 Å². The van der Waals surface area contributed by atoms with E-state index in [0.29, 0.717) is 5.75 Å². The summed E-state index contributed by atoms with van der Waals surface area (Å²) in [6.45, 7) is 5.24. The van der Waals surface area contributed by atoms with Crippen molar-refractivity contribution >= 4 is 0 Å². The van der Waals surface area contributed by atoms with Gasteiger partial charge in [-0.05, 0) is 63.5 Å². The molecule has 96 valence electrons. The molecule has 0 bridgehead atoms. The van der Waals surface area contributed by atoms with Gasteiger partial charge in [0.2, 0.25) is 0 Å². The van der Waals surface area contributed by atoms with Crippen LogP contribution in [0.1, 0.15) is 36.5 Å². The number of hydrogen-bond acceptors (Lipinski definition) is 2. The molecule has 0 saturated carbocycles. The monoisotopic (exact) mass is 235 g/mol. The number of aromatic hydroxyl groups is 1. The third-order valence-electron chi connectivity index (χ3n) is 3.03. The molecule has 0 aromatic heterocycles. The lowest BCUT2D eigenvalue weighted by atomic mass is 9.99. The SMILES string of the molecule is CCCc1cc(C)c(O)c(CCCN(C)C)c1. The van der Waals surface area contributed by atoms with Crippen LogP contribution < -0.4 is 0 Å². The molecule has 0 fully saturated rings. The van der Waals surface area contributed by atoms with Crippen LogP contribution in [0.3, 0.4) is 0 Å². The van der Waals surface area contributed by atoms with Gasteiger partial charge in [0.15, 0.2) is 0 Å². The normalized spacial score (nSPS) is 11.1. The van der Waals surface area contributed by atoms with E-state index in [1.54, 1.807) is 0 Å². The van der Waals surface area contributed by atoms with E-state index in [9.17, 15) is 5.11 Å². The summed E-state index contributed by atoms with van der Waals surface area (Å²) in [6, 6.07) is 4.27. The second kappa shape index (κ2) is 6.65. The summed E-state index contributed by atoms with van der Waals surface area (Å²) < 4.78 is 0. The molecule has 1 rings (SSSR count). The zero-order chi connectivity index (χ0) is 12.8. The first-order valence-corrected chi connectivity index (χ1v) is 6.50. The molecule has 17 heavy (non-hydrogen) atoms. The van der Waals surface area contributed by atoms with Gasteiger partial charge in [-0.15, -0.1) is 0 Å². The Balaban J connectivity index is 2.75. The van der Waals surface area contributed by atoms with E-state index in [0.717, 1.165) is 43.4 Å². The van der Waals surface area contributed by atoms with Crippen molar-refractivity contribution in [3.8, 4) is 5.75 Å². The summed E-state index contributed by atoms with van der Waals surface area (Å²) in [5.41, 5.74) is 3.47. The van der Waals surface area contributed by atoms with Gasteiger partial charge in [-0.1, -0.05) is 25.5 Å². The van der Waals surface area contributed by atoms with Crippen LogP contribution in [0, 0.1) is 6.92 Å². The lowest BCUT2D eigenvalue weighted by Gasteiger charge is -2.12. The molecule has 0 spiro atoms. The quantitative estimate of drug-likeness (QED) is 0.818. The third-order valence-corrected chi connectivity index (χ3v) is 3.03. The van der Waals surface area contributed by atoms with Gasteiger partial charge < -0.3 is 10.0 Å². The smallest absolute Gasteiger partial charge is 0.121 e. The highest BCUT2D eigenvalue weighted by Crippen LogP contribution is 2.25. The fourth-order valence-corrected chi connectivity index (χ4v) is 2.14. The van der Waals surface area contributed by atoms with E-state index >= 15 is 0 Å². The number of rotatable bonds is 6. The van der Waals surface area contributed by atoms with Crippen molar-refractivity contribution in [3.05, 3.63) is 28.8 Å². The van der Waals surface area contributed by atoms with Gasteiger partial charge >= 0.3 is 0 Å². The van der Waals surface area contributed by atoms with Crippen LogP contribution >= 0.6 is 0 Å². The summed E-state index contributed by atoms with van der Waals surface area (Å²) in [5, 5.41) is 10.0. The van der Waals surface area contributed by atoms with Gasteiger partial charge in [-0.25, -0.2) is 0 Å². The standard InChI is InChI=1S/C15H25NO/c1-5-7-13-10-12(2)15(17)14(11-13)8-6-9-16(3)4/h10-11,17H,5-9H2,1-4H3. The summed E-state index contributed by atoms with van der Waals surface area (Å²) >= 11 is 0. The van der Waals surface area contributed by atoms with Gasteiger partial charge in [-0.2, -0.15) is 0 Å². The molecule has 2 heteroatoms. The minimum absolute atomic E-state index is 0.489. The molecule has 0 aliphatic heterocycles. The number of nitrogens with zero attached hydrogens (tertiary/aromatic N) is 1. The molecule has 2 nitrogen and oxygen atoms in total. The molecule has 0 radical (unpaired) electrons. The van der Waals surface area contributed by atoms with Crippen molar-refractivity contribution in [1.82, 2.24) is 4.90 Å². The maximum absolute atomic E-state index is 10.0. The first kappa shape index (κ1) is 14.0. The van der Waals surface area contributed by atoms with Gasteiger partial charge in [0, 0.05) is 0 Å². The average molecular weight is 235 g/mol. The van der Waals surface area contributed by atoms with Crippen LogP contribution in [-0.4, -0.2) is 30.6 Å². The first-order valence-electron chi connectivity index (χ1n) is 6.50. The predicted molar refractivity (Wildman–Crippen MR) is 73.7 cm³/mol. The molecule has 0 unspecified atom stereocenters. The Hall–Kier alpha value is -1.02. The number of phenolic OH excluding ortho intramolecular Hbond substituents is 1. The predicted octanol–water partition coefficient (Wildman–Crippen LogP) is 3.15. The largest absolute Gasteiger partial charge is 0.507 e. The number of phenols is 1. The van der Waals surface area contributed by atoms with Crippen molar-refractivity contribution in [3.63, 3.8) is 0 Å². The molecular formula is C15H25NO. The Morgan fingerprint density at radius 2 is 1.88 bits per heavy atom. The topological polar surface area (TPSA) is 23.5 Å². The Morgan fingerprint density at radius 1 is 1.18 bits per heavy atom. The lowest BCUT2D eigenvalue weighted by molar-refractivity contribution is 0.397. The number of hydrogen-bond donors (Lipinski definition) is 1. The summed E-state index contributed by atoms with van der Waals surface area (Å²) in [4.78, 5) is 2.18. The van der Waals surface area contributed by atoms with Crippen molar-refractivity contribution in [2.45, 2.75) is 39.5 Å². The second-order valence-electron chi connectivity index (χ2n) is 5.08. The third kappa shape index (κ3) is 4.39. The average Bonchev–Trinajstić information content (AvgIpc) is 2.24. The van der Waals surface area contributed by atoms with Gasteiger partial charge in [-0.3, -0.25) is 0 Å². The van der Waals surface area contributed by atoms with Crippen LogP contribution in [0.15, 0.2) is 12.1 Å². The second-order valence-corrected chi connectivity index (χ2v) is 5.08. The minimum atomic E-state index is 0.489. The lowest BCUT2D eigenvalue weighted by Crippen LogP contribution is -2.13. The fraction of sp³-hybridized carbons (Fsp3) is 0.600. The van der Waals surface area contributed by atoms with Crippen molar-refractivity contribution in [1.29, 1.82) is 0 Å². The van der Waals surface area contributed by atoms with E-state index in [1.807, 2.05) is 6.92 Å². The van der Waals surface area contributed by atoms with Crippen LogP contribution in [-0.2, 0) is 12.8 Å². The molecule has 0 atom stereocenters. The van der Waals surface area contributed by atoms with Gasteiger partial charge in [0.05, 0.1) is 0 Å². The van der Waals surface area contributed by atoms with Crippen molar-refractivity contribution in [2.75, 3.05) is 20.6 Å². The maximum Gasteiger partial charge on any atom is 0.121 e. The zero-order valence-corrected chi connectivity index (χ0v) is 11.6. The van der Waals surface area contributed by atoms with Crippen LogP contribution in [0.2, 0.25) is 0 Å². The maximum atomic E-state index is 10.0.